The summed E-state index contributed by atoms with van der Waals surface area (Å²) in [5, 5.41) is 0. The number of hydrogen-bond donors (Lipinski definition) is 0. The maximum atomic E-state index is 12.0. The van der Waals surface area contributed by atoms with Crippen LogP contribution in [0, 0.1) is 6.92 Å². The lowest BCUT2D eigenvalue weighted by atomic mass is 10.2. The van der Waals surface area contributed by atoms with Gasteiger partial charge in [0.15, 0.2) is 0 Å². The summed E-state index contributed by atoms with van der Waals surface area (Å²) in [4.78, 5) is 0.362. The van der Waals surface area contributed by atoms with Crippen molar-refractivity contribution in [3.63, 3.8) is 0 Å². The molecule has 0 spiro atoms. The molecule has 84 valence electrons. The van der Waals surface area contributed by atoms with Gasteiger partial charge in [0.1, 0.15) is 0 Å². The van der Waals surface area contributed by atoms with Crippen LogP contribution in [0.15, 0.2) is 27.6 Å². The van der Waals surface area contributed by atoms with Crippen molar-refractivity contribution < 1.29 is 8.42 Å². The van der Waals surface area contributed by atoms with Gasteiger partial charge in [-0.1, -0.05) is 28.9 Å². The average Bonchev–Trinajstić information content (AvgIpc) is 2.20. The maximum Gasteiger partial charge on any atom is 0.243 e. The fourth-order valence-corrected chi connectivity index (χ4v) is 3.13. The summed E-state index contributed by atoms with van der Waals surface area (Å²) in [7, 11) is -1.76. The highest BCUT2D eigenvalue weighted by molar-refractivity contribution is 9.10. The monoisotopic (exact) mass is 291 g/mol. The van der Waals surface area contributed by atoms with Gasteiger partial charge < -0.3 is 0 Å². The van der Waals surface area contributed by atoms with E-state index in [1.165, 1.54) is 4.31 Å². The van der Waals surface area contributed by atoms with Gasteiger partial charge in [0.25, 0.3) is 0 Å². The molecule has 0 heterocycles. The largest absolute Gasteiger partial charge is 0.243 e. The van der Waals surface area contributed by atoms with Gasteiger partial charge in [-0.25, -0.2) is 12.7 Å². The summed E-state index contributed by atoms with van der Waals surface area (Å²) >= 11 is 3.28. The second-order valence-corrected chi connectivity index (χ2v) is 6.26. The minimum atomic E-state index is -3.34. The van der Waals surface area contributed by atoms with Gasteiger partial charge in [-0.2, -0.15) is 0 Å². The third kappa shape index (κ3) is 2.59. The van der Waals surface area contributed by atoms with Crippen LogP contribution in [-0.4, -0.2) is 26.3 Å². The first kappa shape index (κ1) is 12.7. The Morgan fingerprint density at radius 3 is 2.53 bits per heavy atom. The number of benzene rings is 1. The molecule has 3 nitrogen and oxygen atoms in total. The molecule has 0 aliphatic heterocycles. The Morgan fingerprint density at radius 1 is 1.40 bits per heavy atom. The van der Waals surface area contributed by atoms with Crippen molar-refractivity contribution in [1.82, 2.24) is 4.31 Å². The predicted octanol–water partition coefficient (Wildman–Crippen LogP) is 2.40. The Kier molecular flexibility index (Phi) is 3.92. The summed E-state index contributed by atoms with van der Waals surface area (Å²) in [5.41, 5.74) is 0.763. The van der Waals surface area contributed by atoms with E-state index < -0.39 is 10.0 Å². The molecule has 0 unspecified atom stereocenters. The molecule has 0 N–H and O–H groups in total. The zero-order valence-corrected chi connectivity index (χ0v) is 11.4. The van der Waals surface area contributed by atoms with E-state index in [0.717, 1.165) is 10.0 Å². The fraction of sp³-hybridized carbons (Fsp3) is 0.400. The van der Waals surface area contributed by atoms with Gasteiger partial charge in [0, 0.05) is 18.1 Å². The smallest absolute Gasteiger partial charge is 0.207 e. The van der Waals surface area contributed by atoms with Crippen LogP contribution in [0.25, 0.3) is 0 Å². The van der Waals surface area contributed by atoms with E-state index >= 15 is 0 Å². The molecule has 0 radical (unpaired) electrons. The van der Waals surface area contributed by atoms with Gasteiger partial charge in [-0.15, -0.1) is 0 Å². The van der Waals surface area contributed by atoms with Gasteiger partial charge >= 0.3 is 0 Å². The molecule has 0 aliphatic rings. The van der Waals surface area contributed by atoms with Crippen LogP contribution in [-0.2, 0) is 10.0 Å². The van der Waals surface area contributed by atoms with Crippen molar-refractivity contribution >= 4 is 26.0 Å². The first-order valence-electron chi connectivity index (χ1n) is 4.62. The Labute approximate surface area is 99.3 Å². The molecule has 0 aromatic heterocycles. The number of aryl methyl sites for hydroxylation is 1. The summed E-state index contributed by atoms with van der Waals surface area (Å²) in [6.45, 7) is 4.07. The summed E-state index contributed by atoms with van der Waals surface area (Å²) in [6, 6.07) is 5.26. The molecule has 1 aromatic rings. The molecule has 1 aromatic carbocycles. The third-order valence-corrected chi connectivity index (χ3v) is 4.85. The second kappa shape index (κ2) is 4.63. The van der Waals surface area contributed by atoms with E-state index in [1.807, 2.05) is 13.0 Å². The normalized spacial score (nSPS) is 12.1. The first-order valence-corrected chi connectivity index (χ1v) is 6.85. The minimum Gasteiger partial charge on any atom is -0.207 e. The molecular formula is C10H14BrNO2S. The molecule has 0 amide bonds. The number of hydrogen-bond acceptors (Lipinski definition) is 2. The summed E-state index contributed by atoms with van der Waals surface area (Å²) < 4.78 is 26.2. The molecule has 5 heteroatoms. The Bertz CT molecular complexity index is 456. The van der Waals surface area contributed by atoms with Crippen LogP contribution < -0.4 is 0 Å². The van der Waals surface area contributed by atoms with Gasteiger partial charge in [0.05, 0.1) is 4.90 Å². The van der Waals surface area contributed by atoms with Crippen molar-refractivity contribution in [3.8, 4) is 0 Å². The molecule has 0 saturated heterocycles. The minimum absolute atomic E-state index is 0.362. The third-order valence-electron chi connectivity index (χ3n) is 2.28. The van der Waals surface area contributed by atoms with E-state index in [4.69, 9.17) is 0 Å². The molecule has 0 saturated carbocycles. The lowest BCUT2D eigenvalue weighted by molar-refractivity contribution is 0.486. The lowest BCUT2D eigenvalue weighted by Gasteiger charge is -2.16. The molecule has 0 fully saturated rings. The molecule has 0 bridgehead atoms. The lowest BCUT2D eigenvalue weighted by Crippen LogP contribution is -2.27. The van der Waals surface area contributed by atoms with Crippen LogP contribution in [0.4, 0.5) is 0 Å². The zero-order chi connectivity index (χ0) is 11.6. The Balaban J connectivity index is 3.33. The van der Waals surface area contributed by atoms with Crippen molar-refractivity contribution in [2.45, 2.75) is 18.7 Å². The molecule has 0 aliphatic carbocycles. The molecule has 1 rings (SSSR count). The average molecular weight is 292 g/mol. The van der Waals surface area contributed by atoms with Crippen molar-refractivity contribution in [2.24, 2.45) is 0 Å². The van der Waals surface area contributed by atoms with Crippen LogP contribution in [0.5, 0.6) is 0 Å². The summed E-state index contributed by atoms with van der Waals surface area (Å²) in [5.74, 6) is 0. The Morgan fingerprint density at radius 2 is 2.00 bits per heavy atom. The number of sulfonamides is 1. The second-order valence-electron chi connectivity index (χ2n) is 3.33. The van der Waals surface area contributed by atoms with E-state index in [-0.39, 0.29) is 0 Å². The number of rotatable bonds is 3. The molecular weight excluding hydrogens is 278 g/mol. The SMILES string of the molecule is CCN(C)S(=O)(=O)c1cc(Br)ccc1C. The van der Waals surface area contributed by atoms with Crippen LogP contribution >= 0.6 is 15.9 Å². The quantitative estimate of drug-likeness (QED) is 0.858. The number of nitrogens with zero attached hydrogens (tertiary/aromatic N) is 1. The van der Waals surface area contributed by atoms with Crippen molar-refractivity contribution in [2.75, 3.05) is 13.6 Å². The van der Waals surface area contributed by atoms with Crippen LogP contribution in [0.1, 0.15) is 12.5 Å². The predicted molar refractivity (Wildman–Crippen MR) is 64.4 cm³/mol. The van der Waals surface area contributed by atoms with Gasteiger partial charge in [-0.05, 0) is 24.6 Å². The highest BCUT2D eigenvalue weighted by atomic mass is 79.9. The standard InChI is InChI=1S/C10H14BrNO2S/c1-4-12(3)15(13,14)10-7-9(11)6-5-8(10)2/h5-7H,4H2,1-3H3. The van der Waals surface area contributed by atoms with Crippen molar-refractivity contribution in [1.29, 1.82) is 0 Å². The highest BCUT2D eigenvalue weighted by Gasteiger charge is 2.21. The van der Waals surface area contributed by atoms with Crippen LogP contribution in [0.2, 0.25) is 0 Å². The van der Waals surface area contributed by atoms with E-state index in [2.05, 4.69) is 15.9 Å². The molecule has 0 atom stereocenters. The van der Waals surface area contributed by atoms with Gasteiger partial charge in [0.2, 0.25) is 10.0 Å². The van der Waals surface area contributed by atoms with Crippen LogP contribution in [0.3, 0.4) is 0 Å². The van der Waals surface area contributed by atoms with E-state index in [9.17, 15) is 8.42 Å². The highest BCUT2D eigenvalue weighted by Crippen LogP contribution is 2.22. The number of halogens is 1. The molecule has 15 heavy (non-hydrogen) atoms. The van der Waals surface area contributed by atoms with Crippen molar-refractivity contribution in [3.05, 3.63) is 28.2 Å². The topological polar surface area (TPSA) is 37.4 Å². The zero-order valence-electron chi connectivity index (χ0n) is 8.99. The van der Waals surface area contributed by atoms with E-state index in [0.29, 0.717) is 11.4 Å². The first-order chi connectivity index (χ1) is 6.89. The fourth-order valence-electron chi connectivity index (χ4n) is 1.19. The summed E-state index contributed by atoms with van der Waals surface area (Å²) in [6.07, 6.45) is 0. The van der Waals surface area contributed by atoms with E-state index in [1.54, 1.807) is 26.1 Å². The Hall–Kier alpha value is -0.390. The maximum absolute atomic E-state index is 12.0. The van der Waals surface area contributed by atoms with Gasteiger partial charge in [-0.3, -0.25) is 0 Å².